The van der Waals surface area contributed by atoms with Crippen LogP contribution in [0.5, 0.6) is 0 Å². The van der Waals surface area contributed by atoms with Crippen LogP contribution in [-0.4, -0.2) is 51.9 Å². The van der Waals surface area contributed by atoms with E-state index in [4.69, 9.17) is 4.98 Å². The van der Waals surface area contributed by atoms with Gasteiger partial charge in [0.2, 0.25) is 0 Å². The number of hydrogen-bond donors (Lipinski definition) is 1. The first-order chi connectivity index (χ1) is 16.7. The molecule has 4 aromatic heterocycles. The van der Waals surface area contributed by atoms with E-state index < -0.39 is 0 Å². The molecular weight excluding hydrogens is 430 g/mol. The third-order valence-corrected chi connectivity index (χ3v) is 6.80. The molecular formula is C24H27N9O. The smallest absolute Gasteiger partial charge is 0.326 e. The number of aromatic nitrogens is 8. The van der Waals surface area contributed by atoms with Crippen LogP contribution in [0.1, 0.15) is 32.7 Å². The Balaban J connectivity index is 1.32. The average molecular weight is 458 g/mol. The lowest BCUT2D eigenvalue weighted by Gasteiger charge is -2.33. The Morgan fingerprint density at radius 3 is 2.68 bits per heavy atom. The predicted molar refractivity (Wildman–Crippen MR) is 131 cm³/mol. The van der Waals surface area contributed by atoms with Crippen molar-refractivity contribution >= 4 is 28.0 Å². The number of aromatic amines is 1. The van der Waals surface area contributed by atoms with Crippen LogP contribution >= 0.6 is 0 Å². The summed E-state index contributed by atoms with van der Waals surface area (Å²) in [6, 6.07) is 8.03. The molecule has 0 aliphatic carbocycles. The molecule has 5 heterocycles. The van der Waals surface area contributed by atoms with Gasteiger partial charge in [0.1, 0.15) is 12.2 Å². The highest BCUT2D eigenvalue weighted by molar-refractivity contribution is 5.87. The van der Waals surface area contributed by atoms with E-state index in [-0.39, 0.29) is 11.7 Å². The lowest BCUT2D eigenvalue weighted by Crippen LogP contribution is -2.37. The molecule has 0 atom stereocenters. The maximum Gasteiger partial charge on any atom is 0.326 e. The second-order valence-corrected chi connectivity index (χ2v) is 8.67. The van der Waals surface area contributed by atoms with Crippen LogP contribution in [0.2, 0.25) is 0 Å². The molecule has 174 valence electrons. The minimum absolute atomic E-state index is 0.0389. The van der Waals surface area contributed by atoms with Gasteiger partial charge >= 0.3 is 5.69 Å². The molecule has 1 aliphatic heterocycles. The van der Waals surface area contributed by atoms with E-state index >= 15 is 0 Å². The molecule has 34 heavy (non-hydrogen) atoms. The Morgan fingerprint density at radius 1 is 1.09 bits per heavy atom. The number of piperidine rings is 1. The van der Waals surface area contributed by atoms with Crippen molar-refractivity contribution in [1.82, 2.24) is 38.9 Å². The van der Waals surface area contributed by atoms with Gasteiger partial charge in [-0.3, -0.25) is 9.25 Å². The minimum Gasteiger partial charge on any atom is -0.355 e. The zero-order chi connectivity index (χ0) is 23.2. The Labute approximate surface area is 195 Å². The highest BCUT2D eigenvalue weighted by Crippen LogP contribution is 2.32. The van der Waals surface area contributed by atoms with Crippen LogP contribution < -0.4 is 10.6 Å². The number of nitrogens with one attached hydrogen (secondary N) is 1. The molecule has 0 spiro atoms. The largest absolute Gasteiger partial charge is 0.355 e. The average Bonchev–Trinajstić information content (AvgIpc) is 3.58. The molecule has 0 bridgehead atoms. The number of aryl methyl sites for hydroxylation is 2. The quantitative estimate of drug-likeness (QED) is 0.435. The number of anilines is 1. The Kier molecular flexibility index (Phi) is 4.93. The Bertz CT molecular complexity index is 1530. The first-order valence-electron chi connectivity index (χ1n) is 11.9. The monoisotopic (exact) mass is 457 g/mol. The molecule has 10 heteroatoms. The van der Waals surface area contributed by atoms with Crippen LogP contribution in [0, 0.1) is 0 Å². The summed E-state index contributed by atoms with van der Waals surface area (Å²) in [6.07, 6.45) is 7.22. The third-order valence-electron chi connectivity index (χ3n) is 6.80. The van der Waals surface area contributed by atoms with Gasteiger partial charge in [-0.1, -0.05) is 12.1 Å². The van der Waals surface area contributed by atoms with Crippen molar-refractivity contribution < 1.29 is 0 Å². The van der Waals surface area contributed by atoms with Crippen LogP contribution in [-0.2, 0) is 13.1 Å². The molecule has 1 saturated heterocycles. The van der Waals surface area contributed by atoms with Crippen molar-refractivity contribution in [3.63, 3.8) is 0 Å². The Hall–Kier alpha value is -3.95. The first kappa shape index (κ1) is 20.6. The van der Waals surface area contributed by atoms with Crippen LogP contribution in [0.3, 0.4) is 0 Å². The summed E-state index contributed by atoms with van der Waals surface area (Å²) in [7, 11) is 0. The van der Waals surface area contributed by atoms with Gasteiger partial charge in [-0.15, -0.1) is 0 Å². The summed E-state index contributed by atoms with van der Waals surface area (Å²) in [6.45, 7) is 7.32. The number of rotatable bonds is 5. The van der Waals surface area contributed by atoms with Gasteiger partial charge in [-0.25, -0.2) is 19.7 Å². The zero-order valence-corrected chi connectivity index (χ0v) is 19.3. The van der Waals surface area contributed by atoms with Gasteiger partial charge in [-0.2, -0.15) is 5.10 Å². The van der Waals surface area contributed by atoms with E-state index in [9.17, 15) is 4.79 Å². The number of imidazole rings is 2. The fraction of sp³-hybridized carbons (Fsp3) is 0.375. The molecule has 10 nitrogen and oxygen atoms in total. The summed E-state index contributed by atoms with van der Waals surface area (Å²) < 4.78 is 5.94. The van der Waals surface area contributed by atoms with Gasteiger partial charge in [0.05, 0.1) is 22.8 Å². The van der Waals surface area contributed by atoms with Crippen LogP contribution in [0.25, 0.3) is 33.6 Å². The number of H-pyrrole nitrogens is 1. The first-order valence-corrected chi connectivity index (χ1v) is 11.9. The van der Waals surface area contributed by atoms with E-state index in [1.54, 1.807) is 6.33 Å². The maximum absolute atomic E-state index is 12.6. The standard InChI is InChI=1S/C24H27N9O/c1-3-31-14-16(13-27-31)21-29-20-22(25-15-26-23(20)32(21)4-2)30-11-9-17(10-12-30)33-19-8-6-5-7-18(19)28-24(33)34/h5-8,13-15,17H,3-4,9-12H2,1-2H3,(H,28,34). The molecule has 6 rings (SSSR count). The summed E-state index contributed by atoms with van der Waals surface area (Å²) in [5.41, 5.74) is 4.44. The predicted octanol–water partition coefficient (Wildman–Crippen LogP) is 3.21. The van der Waals surface area contributed by atoms with E-state index in [0.717, 1.165) is 78.4 Å². The zero-order valence-electron chi connectivity index (χ0n) is 19.3. The fourth-order valence-corrected chi connectivity index (χ4v) is 5.10. The van der Waals surface area contributed by atoms with E-state index in [1.165, 1.54) is 0 Å². The topological polar surface area (TPSA) is 102 Å². The van der Waals surface area contributed by atoms with Crippen LogP contribution in [0.15, 0.2) is 47.8 Å². The summed E-state index contributed by atoms with van der Waals surface area (Å²) in [5.74, 6) is 1.71. The molecule has 0 radical (unpaired) electrons. The van der Waals surface area contributed by atoms with Gasteiger partial charge in [0, 0.05) is 38.4 Å². The second kappa shape index (κ2) is 8.12. The summed E-state index contributed by atoms with van der Waals surface area (Å²) in [5, 5.41) is 4.42. The van der Waals surface area contributed by atoms with E-state index in [2.05, 4.69) is 43.4 Å². The summed E-state index contributed by atoms with van der Waals surface area (Å²) >= 11 is 0. The SMILES string of the molecule is CCn1cc(-c2nc3c(N4CCC(n5c(=O)[nH]c6ccccc65)CC4)ncnc3n2CC)cn1. The normalized spacial score (nSPS) is 15.1. The lowest BCUT2D eigenvalue weighted by atomic mass is 10.0. The molecule has 0 amide bonds. The van der Waals surface area contributed by atoms with Gasteiger partial charge in [0.15, 0.2) is 17.0 Å². The van der Waals surface area contributed by atoms with Crippen molar-refractivity contribution in [1.29, 1.82) is 0 Å². The van der Waals surface area contributed by atoms with Crippen molar-refractivity contribution in [3.8, 4) is 11.4 Å². The molecule has 1 fully saturated rings. The van der Waals surface area contributed by atoms with E-state index in [1.807, 2.05) is 45.9 Å². The number of hydrogen-bond acceptors (Lipinski definition) is 6. The van der Waals surface area contributed by atoms with Crippen LogP contribution in [0.4, 0.5) is 5.82 Å². The number of para-hydroxylation sites is 2. The Morgan fingerprint density at radius 2 is 1.91 bits per heavy atom. The van der Waals surface area contributed by atoms with Gasteiger partial charge in [0.25, 0.3) is 0 Å². The van der Waals surface area contributed by atoms with Crippen molar-refractivity contribution in [2.45, 2.75) is 45.8 Å². The molecule has 0 unspecified atom stereocenters. The minimum atomic E-state index is -0.0389. The second-order valence-electron chi connectivity index (χ2n) is 8.67. The molecule has 1 aromatic carbocycles. The molecule has 1 N–H and O–H groups in total. The number of benzene rings is 1. The lowest BCUT2D eigenvalue weighted by molar-refractivity contribution is 0.395. The molecule has 0 saturated carbocycles. The van der Waals surface area contributed by atoms with Crippen molar-refractivity contribution in [3.05, 3.63) is 53.5 Å². The number of nitrogens with zero attached hydrogens (tertiary/aromatic N) is 8. The van der Waals surface area contributed by atoms with Crippen molar-refractivity contribution in [2.24, 2.45) is 0 Å². The summed E-state index contributed by atoms with van der Waals surface area (Å²) in [4.78, 5) is 32.1. The molecule has 5 aromatic rings. The number of fused-ring (bicyclic) bond motifs is 2. The third kappa shape index (κ3) is 3.20. The highest BCUT2D eigenvalue weighted by Gasteiger charge is 2.27. The van der Waals surface area contributed by atoms with Gasteiger partial charge in [-0.05, 0) is 38.8 Å². The highest BCUT2D eigenvalue weighted by atomic mass is 16.1. The van der Waals surface area contributed by atoms with E-state index in [0.29, 0.717) is 0 Å². The fourth-order valence-electron chi connectivity index (χ4n) is 5.10. The molecule has 1 aliphatic rings. The van der Waals surface area contributed by atoms with Gasteiger partial charge < -0.3 is 14.5 Å². The maximum atomic E-state index is 12.6. The van der Waals surface area contributed by atoms with Crippen molar-refractivity contribution in [2.75, 3.05) is 18.0 Å².